The minimum Gasteiger partial charge on any atom is -0.315 e. The van der Waals surface area contributed by atoms with Crippen molar-refractivity contribution >= 4 is 38.6 Å². The molecule has 1 aromatic heterocycles. The minimum absolute atomic E-state index is 0.125. The maximum absolute atomic E-state index is 13.8. The largest absolute Gasteiger partial charge is 0.315 e. The fraction of sp³-hybridized carbons (Fsp3) is 0.231. The van der Waals surface area contributed by atoms with Gasteiger partial charge < -0.3 is 5.32 Å². The second-order valence-electron chi connectivity index (χ2n) is 4.43. The van der Waals surface area contributed by atoms with Crippen molar-refractivity contribution in [1.82, 2.24) is 5.32 Å². The van der Waals surface area contributed by atoms with E-state index in [0.29, 0.717) is 17.0 Å². The summed E-state index contributed by atoms with van der Waals surface area (Å²) in [6.45, 7) is 2.14. The Morgan fingerprint density at radius 2 is 2.10 bits per heavy atom. The standard InChI is InChI=1S/C13H14ClFN2O2S2/c1-8-7-20-12(6-16-2)13(8)21(18,19)17-11-4-3-9(14)5-10(11)15/h3-5,7,16-17H,6H2,1-2H3. The fourth-order valence-corrected chi connectivity index (χ4v) is 4.95. The van der Waals surface area contributed by atoms with Crippen LogP contribution in [0.3, 0.4) is 0 Å². The molecule has 2 N–H and O–H groups in total. The Labute approximate surface area is 132 Å². The third kappa shape index (κ3) is 3.55. The normalized spacial score (nSPS) is 11.6. The molecule has 2 aromatic rings. The molecular weight excluding hydrogens is 335 g/mol. The number of hydrogen-bond donors (Lipinski definition) is 2. The van der Waals surface area contributed by atoms with Gasteiger partial charge in [-0.05, 0) is 43.1 Å². The van der Waals surface area contributed by atoms with Gasteiger partial charge >= 0.3 is 0 Å². The number of nitrogens with one attached hydrogen (secondary N) is 2. The molecule has 8 heteroatoms. The van der Waals surface area contributed by atoms with Crippen molar-refractivity contribution < 1.29 is 12.8 Å². The highest BCUT2D eigenvalue weighted by Crippen LogP contribution is 2.29. The number of rotatable bonds is 5. The lowest BCUT2D eigenvalue weighted by molar-refractivity contribution is 0.597. The van der Waals surface area contributed by atoms with Gasteiger partial charge in [0, 0.05) is 16.4 Å². The van der Waals surface area contributed by atoms with Crippen LogP contribution in [-0.2, 0) is 16.6 Å². The van der Waals surface area contributed by atoms with Gasteiger partial charge in [-0.2, -0.15) is 0 Å². The maximum atomic E-state index is 13.8. The lowest BCUT2D eigenvalue weighted by Crippen LogP contribution is -2.17. The summed E-state index contributed by atoms with van der Waals surface area (Å²) in [4.78, 5) is 0.869. The fourth-order valence-electron chi connectivity index (χ4n) is 1.90. The topological polar surface area (TPSA) is 58.2 Å². The van der Waals surface area contributed by atoms with Crippen molar-refractivity contribution in [3.63, 3.8) is 0 Å². The summed E-state index contributed by atoms with van der Waals surface area (Å²) in [7, 11) is -2.12. The van der Waals surface area contributed by atoms with E-state index in [4.69, 9.17) is 11.6 Å². The second kappa shape index (κ2) is 6.31. The lowest BCUT2D eigenvalue weighted by Gasteiger charge is -2.11. The van der Waals surface area contributed by atoms with Gasteiger partial charge in [-0.3, -0.25) is 4.72 Å². The minimum atomic E-state index is -3.85. The predicted molar refractivity (Wildman–Crippen MR) is 84.0 cm³/mol. The van der Waals surface area contributed by atoms with Crippen molar-refractivity contribution in [3.05, 3.63) is 44.9 Å². The van der Waals surface area contributed by atoms with E-state index >= 15 is 0 Å². The van der Waals surface area contributed by atoms with Crippen molar-refractivity contribution in [2.45, 2.75) is 18.4 Å². The third-order valence-corrected chi connectivity index (χ3v) is 5.83. The summed E-state index contributed by atoms with van der Waals surface area (Å²) in [5.74, 6) is -0.714. The molecule has 0 aliphatic heterocycles. The van der Waals surface area contributed by atoms with Crippen LogP contribution in [0, 0.1) is 12.7 Å². The molecule has 0 aliphatic carbocycles. The number of aryl methyl sites for hydroxylation is 1. The molecule has 0 saturated carbocycles. The molecule has 4 nitrogen and oxygen atoms in total. The summed E-state index contributed by atoms with van der Waals surface area (Å²) in [6, 6.07) is 3.79. The van der Waals surface area contributed by atoms with Gasteiger partial charge in [0.15, 0.2) is 0 Å². The van der Waals surface area contributed by atoms with Crippen LogP contribution in [0.25, 0.3) is 0 Å². The number of anilines is 1. The monoisotopic (exact) mass is 348 g/mol. The first kappa shape index (κ1) is 16.2. The molecule has 0 aliphatic rings. The highest BCUT2D eigenvalue weighted by atomic mass is 35.5. The number of thiophene rings is 1. The van der Waals surface area contributed by atoms with Crippen LogP contribution in [-0.4, -0.2) is 15.5 Å². The molecule has 0 radical (unpaired) electrons. The lowest BCUT2D eigenvalue weighted by atomic mass is 10.3. The Kier molecular flexibility index (Phi) is 4.88. The van der Waals surface area contributed by atoms with Crippen LogP contribution in [0.4, 0.5) is 10.1 Å². The molecule has 0 bridgehead atoms. The van der Waals surface area contributed by atoms with E-state index in [0.717, 1.165) is 6.07 Å². The molecule has 0 unspecified atom stereocenters. The zero-order valence-electron chi connectivity index (χ0n) is 11.4. The van der Waals surface area contributed by atoms with Crippen LogP contribution in [0.15, 0.2) is 28.5 Å². The first-order valence-electron chi connectivity index (χ1n) is 6.04. The predicted octanol–water partition coefficient (Wildman–Crippen LogP) is 3.37. The van der Waals surface area contributed by atoms with Gasteiger partial charge in [0.2, 0.25) is 0 Å². The average Bonchev–Trinajstić information content (AvgIpc) is 2.75. The van der Waals surface area contributed by atoms with E-state index < -0.39 is 15.8 Å². The van der Waals surface area contributed by atoms with E-state index in [1.807, 2.05) is 0 Å². The number of hydrogen-bond acceptors (Lipinski definition) is 4. The molecule has 114 valence electrons. The van der Waals surface area contributed by atoms with Gasteiger partial charge in [-0.15, -0.1) is 11.3 Å². The molecule has 0 spiro atoms. The molecule has 21 heavy (non-hydrogen) atoms. The van der Waals surface area contributed by atoms with Gasteiger partial charge in [-0.1, -0.05) is 11.6 Å². The molecule has 2 rings (SSSR count). The molecule has 0 amide bonds. The summed E-state index contributed by atoms with van der Waals surface area (Å²) in [5, 5.41) is 4.89. The Bertz CT molecular complexity index is 760. The molecule has 0 fully saturated rings. The smallest absolute Gasteiger partial charge is 0.263 e. The van der Waals surface area contributed by atoms with Crippen LogP contribution in [0.2, 0.25) is 5.02 Å². The van der Waals surface area contributed by atoms with Crippen LogP contribution in [0.5, 0.6) is 0 Å². The van der Waals surface area contributed by atoms with Crippen molar-refractivity contribution in [2.24, 2.45) is 0 Å². The van der Waals surface area contributed by atoms with Crippen molar-refractivity contribution in [3.8, 4) is 0 Å². The summed E-state index contributed by atoms with van der Waals surface area (Å²) >= 11 is 7.00. The van der Waals surface area contributed by atoms with Crippen LogP contribution < -0.4 is 10.0 Å². The molecule has 0 saturated heterocycles. The molecular formula is C13H14ClFN2O2S2. The first-order valence-corrected chi connectivity index (χ1v) is 8.78. The van der Waals surface area contributed by atoms with Gasteiger partial charge in [0.05, 0.1) is 5.69 Å². The van der Waals surface area contributed by atoms with Crippen molar-refractivity contribution in [2.75, 3.05) is 11.8 Å². The van der Waals surface area contributed by atoms with E-state index in [9.17, 15) is 12.8 Å². The van der Waals surface area contributed by atoms with Gasteiger partial charge in [0.25, 0.3) is 10.0 Å². The van der Waals surface area contributed by atoms with Crippen molar-refractivity contribution in [1.29, 1.82) is 0 Å². The molecule has 0 atom stereocenters. The summed E-state index contributed by atoms with van der Waals surface area (Å²) in [6.07, 6.45) is 0. The van der Waals surface area contributed by atoms with Gasteiger partial charge in [-0.25, -0.2) is 12.8 Å². The van der Waals surface area contributed by atoms with E-state index in [-0.39, 0.29) is 15.6 Å². The first-order chi connectivity index (χ1) is 9.85. The zero-order chi connectivity index (χ0) is 15.6. The Hall–Kier alpha value is -1.15. The SMILES string of the molecule is CNCc1scc(C)c1S(=O)(=O)Nc1ccc(Cl)cc1F. The summed E-state index contributed by atoms with van der Waals surface area (Å²) in [5.41, 5.74) is 0.507. The molecule has 1 aromatic carbocycles. The number of benzene rings is 1. The van der Waals surface area contributed by atoms with Crippen LogP contribution in [0.1, 0.15) is 10.4 Å². The molecule has 1 heterocycles. The van der Waals surface area contributed by atoms with E-state index in [2.05, 4.69) is 10.0 Å². The van der Waals surface area contributed by atoms with Crippen LogP contribution >= 0.6 is 22.9 Å². The number of halogens is 2. The maximum Gasteiger partial charge on any atom is 0.263 e. The Morgan fingerprint density at radius 3 is 2.71 bits per heavy atom. The Balaban J connectivity index is 2.41. The third-order valence-electron chi connectivity index (χ3n) is 2.77. The van der Waals surface area contributed by atoms with Gasteiger partial charge in [0.1, 0.15) is 10.7 Å². The quantitative estimate of drug-likeness (QED) is 0.871. The highest BCUT2D eigenvalue weighted by molar-refractivity contribution is 7.93. The summed E-state index contributed by atoms with van der Waals surface area (Å²) < 4.78 is 41.0. The Morgan fingerprint density at radius 1 is 1.38 bits per heavy atom. The van der Waals surface area contributed by atoms with E-state index in [1.54, 1.807) is 19.4 Å². The average molecular weight is 349 g/mol. The van der Waals surface area contributed by atoms with E-state index in [1.165, 1.54) is 23.5 Å². The number of sulfonamides is 1. The second-order valence-corrected chi connectivity index (χ2v) is 7.45. The highest BCUT2D eigenvalue weighted by Gasteiger charge is 2.23. The zero-order valence-corrected chi connectivity index (χ0v) is 13.8.